The van der Waals surface area contributed by atoms with Crippen LogP contribution in [0.4, 0.5) is 0 Å². The highest BCUT2D eigenvalue weighted by Gasteiger charge is 2.40. The molecule has 143 valence electrons. The van der Waals surface area contributed by atoms with Crippen molar-refractivity contribution in [2.24, 2.45) is 0 Å². The Morgan fingerprint density at radius 2 is 1.96 bits per heavy atom. The number of aliphatic hydroxyl groups is 1. The van der Waals surface area contributed by atoms with Gasteiger partial charge in [-0.3, -0.25) is 14.4 Å². The first-order chi connectivity index (χ1) is 12.9. The number of fused-ring (bicyclic) bond motifs is 3. The van der Waals surface area contributed by atoms with Gasteiger partial charge in [-0.05, 0) is 11.5 Å². The molecule has 1 aromatic carbocycles. The van der Waals surface area contributed by atoms with E-state index < -0.39 is 5.60 Å². The molecule has 2 aliphatic heterocycles. The van der Waals surface area contributed by atoms with Crippen LogP contribution < -0.4 is 0 Å². The lowest BCUT2D eigenvalue weighted by Crippen LogP contribution is -2.41. The van der Waals surface area contributed by atoms with Crippen molar-refractivity contribution in [2.45, 2.75) is 39.0 Å². The van der Waals surface area contributed by atoms with Crippen LogP contribution in [0, 0.1) is 5.92 Å². The van der Waals surface area contributed by atoms with Gasteiger partial charge >= 0.3 is 0 Å². The molecule has 1 aromatic heterocycles. The molecule has 2 aliphatic rings. The van der Waals surface area contributed by atoms with Crippen molar-refractivity contribution in [1.82, 2.24) is 19.6 Å². The second-order valence-corrected chi connectivity index (χ2v) is 8.16. The highest BCUT2D eigenvalue weighted by molar-refractivity contribution is 5.94. The molecule has 1 amide bonds. The van der Waals surface area contributed by atoms with Gasteiger partial charge in [-0.25, -0.2) is 0 Å². The van der Waals surface area contributed by atoms with Gasteiger partial charge in [0.15, 0.2) is 0 Å². The van der Waals surface area contributed by atoms with Crippen molar-refractivity contribution >= 4 is 5.91 Å². The summed E-state index contributed by atoms with van der Waals surface area (Å²) in [6.07, 6.45) is 0.837. The molecule has 1 radical (unpaired) electrons. The molecule has 0 bridgehead atoms. The summed E-state index contributed by atoms with van der Waals surface area (Å²) in [5, 5.41) is 16.2. The SMILES string of the molecule is C[C](C)CN1CCc2nn3c(c2C1)C(=O)N(C)CC(O)(c1ccccc1)C3. The fourth-order valence-corrected chi connectivity index (χ4v) is 4.29. The molecule has 1 N–H and O–H groups in total. The summed E-state index contributed by atoms with van der Waals surface area (Å²) < 4.78 is 1.75. The van der Waals surface area contributed by atoms with Crippen molar-refractivity contribution in [3.8, 4) is 0 Å². The number of aromatic nitrogens is 2. The monoisotopic (exact) mass is 367 g/mol. The van der Waals surface area contributed by atoms with Crippen LogP contribution in [0.5, 0.6) is 0 Å². The zero-order valence-electron chi connectivity index (χ0n) is 16.3. The average molecular weight is 367 g/mol. The Kier molecular flexibility index (Phi) is 4.56. The van der Waals surface area contributed by atoms with Gasteiger partial charge in [0.2, 0.25) is 0 Å². The summed E-state index contributed by atoms with van der Waals surface area (Å²) in [6.45, 7) is 7.41. The molecule has 0 fully saturated rings. The molecular weight excluding hydrogens is 340 g/mol. The molecule has 6 heteroatoms. The first-order valence-electron chi connectivity index (χ1n) is 9.51. The van der Waals surface area contributed by atoms with Crippen molar-refractivity contribution in [3.63, 3.8) is 0 Å². The molecule has 0 spiro atoms. The van der Waals surface area contributed by atoms with Crippen LogP contribution in [0.2, 0.25) is 0 Å². The summed E-state index contributed by atoms with van der Waals surface area (Å²) in [6, 6.07) is 9.58. The molecule has 0 saturated heterocycles. The Morgan fingerprint density at radius 3 is 2.67 bits per heavy atom. The largest absolute Gasteiger partial charge is 0.381 e. The predicted octanol–water partition coefficient (Wildman–Crippen LogP) is 1.83. The van der Waals surface area contributed by atoms with E-state index in [0.29, 0.717) is 5.69 Å². The van der Waals surface area contributed by atoms with Gasteiger partial charge in [0.05, 0.1) is 18.8 Å². The van der Waals surface area contributed by atoms with E-state index in [2.05, 4.69) is 18.7 Å². The van der Waals surface area contributed by atoms with Gasteiger partial charge in [0.1, 0.15) is 11.3 Å². The Morgan fingerprint density at radius 1 is 1.22 bits per heavy atom. The van der Waals surface area contributed by atoms with Crippen molar-refractivity contribution < 1.29 is 9.90 Å². The van der Waals surface area contributed by atoms with E-state index in [1.165, 1.54) is 5.92 Å². The third-order valence-electron chi connectivity index (χ3n) is 5.49. The summed E-state index contributed by atoms with van der Waals surface area (Å²) in [5.74, 6) is 1.30. The highest BCUT2D eigenvalue weighted by Crippen LogP contribution is 2.32. The minimum atomic E-state index is -1.15. The third kappa shape index (κ3) is 3.28. The molecule has 1 atom stereocenters. The molecule has 6 nitrogen and oxygen atoms in total. The van der Waals surface area contributed by atoms with Crippen LogP contribution >= 0.6 is 0 Å². The number of nitrogens with zero attached hydrogens (tertiary/aromatic N) is 4. The van der Waals surface area contributed by atoms with Crippen molar-refractivity contribution in [3.05, 3.63) is 58.8 Å². The lowest BCUT2D eigenvalue weighted by Gasteiger charge is -2.30. The van der Waals surface area contributed by atoms with Crippen molar-refractivity contribution in [1.29, 1.82) is 0 Å². The number of rotatable bonds is 3. The zero-order valence-corrected chi connectivity index (χ0v) is 16.3. The molecule has 1 unspecified atom stereocenters. The van der Waals surface area contributed by atoms with E-state index in [4.69, 9.17) is 5.10 Å². The normalized spacial score (nSPS) is 23.3. The predicted molar refractivity (Wildman–Crippen MR) is 103 cm³/mol. The molecule has 0 aliphatic carbocycles. The van der Waals surface area contributed by atoms with E-state index in [1.54, 1.807) is 16.6 Å². The Bertz CT molecular complexity index is 845. The van der Waals surface area contributed by atoms with E-state index in [9.17, 15) is 9.90 Å². The molecule has 3 heterocycles. The lowest BCUT2D eigenvalue weighted by molar-refractivity contribution is -0.00312. The second-order valence-electron chi connectivity index (χ2n) is 8.16. The third-order valence-corrected chi connectivity index (χ3v) is 5.49. The number of hydrogen-bond donors (Lipinski definition) is 1. The fraction of sp³-hybridized carbons (Fsp3) is 0.476. The summed E-state index contributed by atoms with van der Waals surface area (Å²) >= 11 is 0. The van der Waals surface area contributed by atoms with E-state index in [-0.39, 0.29) is 19.0 Å². The van der Waals surface area contributed by atoms with Gasteiger partial charge in [-0.1, -0.05) is 44.2 Å². The maximum atomic E-state index is 13.1. The maximum absolute atomic E-state index is 13.1. The van der Waals surface area contributed by atoms with E-state index in [0.717, 1.165) is 42.9 Å². The number of hydrogen-bond acceptors (Lipinski definition) is 4. The summed E-state index contributed by atoms with van der Waals surface area (Å²) in [5.41, 5.74) is 2.31. The van der Waals surface area contributed by atoms with E-state index >= 15 is 0 Å². The smallest absolute Gasteiger partial charge is 0.272 e. The quantitative estimate of drug-likeness (QED) is 0.899. The Balaban J connectivity index is 1.74. The summed E-state index contributed by atoms with van der Waals surface area (Å²) in [7, 11) is 1.76. The topological polar surface area (TPSA) is 61.6 Å². The zero-order chi connectivity index (χ0) is 19.2. The Labute approximate surface area is 160 Å². The number of carbonyl (C=O) groups is 1. The first-order valence-corrected chi connectivity index (χ1v) is 9.51. The summed E-state index contributed by atoms with van der Waals surface area (Å²) in [4.78, 5) is 17.1. The first kappa shape index (κ1) is 18.2. The standard InChI is InChI=1S/C21H27N4O2/c1-15(2)11-24-10-9-18-17(12-24)19-20(26)23(3)13-21(27,14-25(19)22-18)16-7-5-4-6-8-16/h4-8,27H,9-14H2,1-3H3. The van der Waals surface area contributed by atoms with Gasteiger partial charge in [0.25, 0.3) is 5.91 Å². The van der Waals surface area contributed by atoms with Gasteiger partial charge in [-0.15, -0.1) is 0 Å². The fourth-order valence-electron chi connectivity index (χ4n) is 4.29. The molecule has 2 aromatic rings. The van der Waals surface area contributed by atoms with Gasteiger partial charge < -0.3 is 10.0 Å². The van der Waals surface area contributed by atoms with Crippen molar-refractivity contribution in [2.75, 3.05) is 26.7 Å². The molecular formula is C21H27N4O2. The van der Waals surface area contributed by atoms with Crippen LogP contribution in [0.25, 0.3) is 0 Å². The van der Waals surface area contributed by atoms with E-state index in [1.807, 2.05) is 30.3 Å². The Hall–Kier alpha value is -2.18. The van der Waals surface area contributed by atoms with Crippen LogP contribution in [0.15, 0.2) is 30.3 Å². The molecule has 4 rings (SSSR count). The molecule has 27 heavy (non-hydrogen) atoms. The van der Waals surface area contributed by atoms with Crippen LogP contribution in [0.3, 0.4) is 0 Å². The number of β-amino-alcohol motifs (C(OH)–C–C–N with tert-alkyl or cyclic N) is 1. The number of carbonyl (C=O) groups excluding carboxylic acids is 1. The van der Waals surface area contributed by atoms with Crippen LogP contribution in [0.1, 0.15) is 41.2 Å². The maximum Gasteiger partial charge on any atom is 0.272 e. The number of amides is 1. The minimum Gasteiger partial charge on any atom is -0.381 e. The lowest BCUT2D eigenvalue weighted by atomic mass is 9.93. The van der Waals surface area contributed by atoms with Gasteiger partial charge in [0, 0.05) is 38.7 Å². The van der Waals surface area contributed by atoms with Gasteiger partial charge in [-0.2, -0.15) is 5.10 Å². The number of likely N-dealkylation sites (N-methyl/N-ethyl adjacent to an activating group) is 1. The second kappa shape index (κ2) is 6.77. The molecule has 0 saturated carbocycles. The highest BCUT2D eigenvalue weighted by atomic mass is 16.3. The average Bonchev–Trinajstić information content (AvgIpc) is 2.93. The minimum absolute atomic E-state index is 0.0605. The number of benzene rings is 1. The van der Waals surface area contributed by atoms with Crippen LogP contribution in [-0.4, -0.2) is 57.3 Å². The van der Waals surface area contributed by atoms with Crippen LogP contribution in [-0.2, 0) is 25.1 Å².